The zero-order valence-corrected chi connectivity index (χ0v) is 17.7. The minimum absolute atomic E-state index is 0.0780. The van der Waals surface area contributed by atoms with E-state index in [-0.39, 0.29) is 17.2 Å². The lowest BCUT2D eigenvalue weighted by Crippen LogP contribution is -2.44. The van der Waals surface area contributed by atoms with Crippen molar-refractivity contribution in [3.63, 3.8) is 0 Å². The van der Waals surface area contributed by atoms with E-state index in [2.05, 4.69) is 22.2 Å². The predicted octanol–water partition coefficient (Wildman–Crippen LogP) is 3.43. The van der Waals surface area contributed by atoms with Gasteiger partial charge in [-0.3, -0.25) is 9.59 Å². The first kappa shape index (κ1) is 20.3. The molecule has 1 aliphatic heterocycles. The molecule has 0 bridgehead atoms. The van der Waals surface area contributed by atoms with Crippen LogP contribution in [-0.2, 0) is 10.2 Å². The van der Waals surface area contributed by atoms with E-state index in [1.807, 2.05) is 36.1 Å². The molecule has 1 fully saturated rings. The Hall–Kier alpha value is -3.03. The molecular formula is C22H27N5O3. The third kappa shape index (κ3) is 3.86. The molecule has 0 aliphatic carbocycles. The van der Waals surface area contributed by atoms with Gasteiger partial charge in [0.2, 0.25) is 17.7 Å². The van der Waals surface area contributed by atoms with E-state index in [4.69, 9.17) is 4.52 Å². The summed E-state index contributed by atoms with van der Waals surface area (Å²) in [6.07, 6.45) is 2.78. The van der Waals surface area contributed by atoms with Crippen molar-refractivity contribution in [3.8, 4) is 0 Å². The fourth-order valence-electron chi connectivity index (χ4n) is 4.08. The fraction of sp³-hybridized carbons (Fsp3) is 0.500. The van der Waals surface area contributed by atoms with E-state index in [1.54, 1.807) is 6.92 Å². The van der Waals surface area contributed by atoms with Gasteiger partial charge in [-0.05, 0) is 32.3 Å². The number of amides is 1. The molecule has 3 heterocycles. The summed E-state index contributed by atoms with van der Waals surface area (Å²) in [5.74, 6) is 1.30. The summed E-state index contributed by atoms with van der Waals surface area (Å²) >= 11 is 0. The molecule has 3 aromatic rings. The van der Waals surface area contributed by atoms with Gasteiger partial charge in [0.25, 0.3) is 0 Å². The Kier molecular flexibility index (Phi) is 5.40. The van der Waals surface area contributed by atoms with E-state index in [0.29, 0.717) is 38.2 Å². The highest BCUT2D eigenvalue weighted by Gasteiger charge is 2.36. The van der Waals surface area contributed by atoms with Crippen LogP contribution in [0.2, 0.25) is 0 Å². The first-order valence-corrected chi connectivity index (χ1v) is 10.4. The molecule has 158 valence electrons. The lowest BCUT2D eigenvalue weighted by atomic mass is 9.79. The van der Waals surface area contributed by atoms with Crippen molar-refractivity contribution < 1.29 is 14.1 Å². The lowest BCUT2D eigenvalue weighted by Gasteiger charge is -2.37. The topological polar surface area (TPSA) is 94.1 Å². The summed E-state index contributed by atoms with van der Waals surface area (Å²) in [6, 6.07) is 7.70. The highest BCUT2D eigenvalue weighted by Crippen LogP contribution is 2.33. The van der Waals surface area contributed by atoms with E-state index >= 15 is 0 Å². The fourth-order valence-corrected chi connectivity index (χ4v) is 4.08. The number of likely N-dealkylation sites (tertiary alicyclic amines) is 1. The molecule has 1 amide bonds. The number of aryl methyl sites for hydroxylation is 2. The Morgan fingerprint density at radius 1 is 1.10 bits per heavy atom. The Morgan fingerprint density at radius 3 is 2.50 bits per heavy atom. The number of rotatable bonds is 5. The van der Waals surface area contributed by atoms with Crippen LogP contribution in [0.15, 0.2) is 28.8 Å². The number of hydrogen-bond donors (Lipinski definition) is 0. The molecule has 1 aliphatic rings. The maximum Gasteiger partial charge on any atom is 0.247 e. The molecule has 0 N–H and O–H groups in total. The molecule has 0 atom stereocenters. The van der Waals surface area contributed by atoms with Gasteiger partial charge >= 0.3 is 0 Å². The van der Waals surface area contributed by atoms with Gasteiger partial charge in [-0.2, -0.15) is 14.8 Å². The standard InChI is InChI=1S/C22H27N5O3/c1-15-17-7-4-5-8-18(17)27(24-15)20(29)10-6-9-19(28)26-13-11-22(3,12-14-26)21-23-16(2)30-25-21/h4-5,7-8H,6,9-14H2,1-3H3. The minimum Gasteiger partial charge on any atom is -0.343 e. The van der Waals surface area contributed by atoms with Crippen molar-refractivity contribution in [2.75, 3.05) is 13.1 Å². The molecule has 0 radical (unpaired) electrons. The van der Waals surface area contributed by atoms with Crippen LogP contribution in [-0.4, -0.2) is 49.7 Å². The van der Waals surface area contributed by atoms with Crippen LogP contribution in [0.5, 0.6) is 0 Å². The molecule has 2 aromatic heterocycles. The van der Waals surface area contributed by atoms with Gasteiger partial charge in [0.15, 0.2) is 5.82 Å². The normalized spacial score (nSPS) is 16.2. The second kappa shape index (κ2) is 8.01. The van der Waals surface area contributed by atoms with Crippen LogP contribution in [0.3, 0.4) is 0 Å². The number of aromatic nitrogens is 4. The summed E-state index contributed by atoms with van der Waals surface area (Å²) in [5.41, 5.74) is 1.49. The van der Waals surface area contributed by atoms with Gasteiger partial charge in [0.1, 0.15) is 0 Å². The molecule has 1 aromatic carbocycles. The predicted molar refractivity (Wildman–Crippen MR) is 111 cm³/mol. The highest BCUT2D eigenvalue weighted by atomic mass is 16.5. The quantitative estimate of drug-likeness (QED) is 0.641. The molecule has 1 saturated heterocycles. The third-order valence-electron chi connectivity index (χ3n) is 6.08. The number of para-hydroxylation sites is 1. The average Bonchev–Trinajstić information content (AvgIpc) is 3.33. The third-order valence-corrected chi connectivity index (χ3v) is 6.08. The van der Waals surface area contributed by atoms with Gasteiger partial charge in [-0.15, -0.1) is 0 Å². The number of piperidine rings is 1. The minimum atomic E-state index is -0.163. The Balaban J connectivity index is 1.29. The van der Waals surface area contributed by atoms with Crippen LogP contribution in [0.1, 0.15) is 61.2 Å². The molecule has 0 spiro atoms. The second-order valence-electron chi connectivity index (χ2n) is 8.34. The Bertz CT molecular complexity index is 1080. The molecule has 8 heteroatoms. The van der Waals surface area contributed by atoms with Crippen molar-refractivity contribution in [1.29, 1.82) is 0 Å². The van der Waals surface area contributed by atoms with Crippen LogP contribution < -0.4 is 0 Å². The van der Waals surface area contributed by atoms with Crippen molar-refractivity contribution in [2.45, 2.75) is 58.3 Å². The van der Waals surface area contributed by atoms with E-state index in [0.717, 1.165) is 35.3 Å². The van der Waals surface area contributed by atoms with Crippen molar-refractivity contribution in [2.24, 2.45) is 0 Å². The first-order chi connectivity index (χ1) is 14.4. The number of carbonyl (C=O) groups excluding carboxylic acids is 2. The number of hydrogen-bond acceptors (Lipinski definition) is 6. The molecule has 8 nitrogen and oxygen atoms in total. The lowest BCUT2D eigenvalue weighted by molar-refractivity contribution is -0.132. The van der Waals surface area contributed by atoms with Gasteiger partial charge in [-0.1, -0.05) is 30.3 Å². The SMILES string of the molecule is Cc1nc(C2(C)CCN(C(=O)CCCC(=O)n3nc(C)c4ccccc43)CC2)no1. The zero-order valence-electron chi connectivity index (χ0n) is 17.7. The summed E-state index contributed by atoms with van der Waals surface area (Å²) in [6.45, 7) is 7.14. The summed E-state index contributed by atoms with van der Waals surface area (Å²) < 4.78 is 6.58. The van der Waals surface area contributed by atoms with E-state index in [1.165, 1.54) is 4.68 Å². The number of fused-ring (bicyclic) bond motifs is 1. The number of nitrogens with zero attached hydrogens (tertiary/aromatic N) is 5. The molecule has 0 saturated carbocycles. The summed E-state index contributed by atoms with van der Waals surface area (Å²) in [4.78, 5) is 31.5. The summed E-state index contributed by atoms with van der Waals surface area (Å²) in [5, 5.41) is 9.42. The van der Waals surface area contributed by atoms with Gasteiger partial charge < -0.3 is 9.42 Å². The monoisotopic (exact) mass is 409 g/mol. The van der Waals surface area contributed by atoms with Gasteiger partial charge in [0, 0.05) is 43.7 Å². The van der Waals surface area contributed by atoms with Crippen LogP contribution in [0.25, 0.3) is 10.9 Å². The highest BCUT2D eigenvalue weighted by molar-refractivity contribution is 5.92. The smallest absolute Gasteiger partial charge is 0.247 e. The van der Waals surface area contributed by atoms with Crippen LogP contribution >= 0.6 is 0 Å². The maximum absolute atomic E-state index is 12.6. The van der Waals surface area contributed by atoms with Crippen LogP contribution in [0.4, 0.5) is 0 Å². The average molecular weight is 409 g/mol. The second-order valence-corrected chi connectivity index (χ2v) is 8.34. The molecular weight excluding hydrogens is 382 g/mol. The van der Waals surface area contributed by atoms with Gasteiger partial charge in [-0.25, -0.2) is 0 Å². The Labute approximate surface area is 175 Å². The van der Waals surface area contributed by atoms with E-state index < -0.39 is 0 Å². The Morgan fingerprint density at radius 2 is 1.80 bits per heavy atom. The van der Waals surface area contributed by atoms with Crippen molar-refractivity contribution in [1.82, 2.24) is 24.8 Å². The van der Waals surface area contributed by atoms with Crippen molar-refractivity contribution in [3.05, 3.63) is 41.7 Å². The molecule has 30 heavy (non-hydrogen) atoms. The number of carbonyl (C=O) groups is 2. The number of benzene rings is 1. The van der Waals surface area contributed by atoms with Crippen molar-refractivity contribution >= 4 is 22.7 Å². The van der Waals surface area contributed by atoms with E-state index in [9.17, 15) is 9.59 Å². The largest absolute Gasteiger partial charge is 0.343 e. The van der Waals surface area contributed by atoms with Gasteiger partial charge in [0.05, 0.1) is 11.2 Å². The molecule has 4 rings (SSSR count). The zero-order chi connectivity index (χ0) is 21.3. The first-order valence-electron chi connectivity index (χ1n) is 10.4. The summed E-state index contributed by atoms with van der Waals surface area (Å²) in [7, 11) is 0. The van der Waals surface area contributed by atoms with Crippen LogP contribution in [0, 0.1) is 13.8 Å². The maximum atomic E-state index is 12.6. The molecule has 0 unspecified atom stereocenters.